The molecule has 2 rings (SSSR count). The van der Waals surface area contributed by atoms with Crippen molar-refractivity contribution < 1.29 is 4.79 Å². The molecule has 1 aromatic rings. The Morgan fingerprint density at radius 2 is 1.94 bits per heavy atom. The third-order valence-corrected chi connectivity index (χ3v) is 3.25. The van der Waals surface area contributed by atoms with Crippen LogP contribution in [-0.2, 0) is 4.79 Å². The minimum Gasteiger partial charge on any atom is -0.370 e. The van der Waals surface area contributed by atoms with E-state index in [2.05, 4.69) is 16.3 Å². The molecule has 1 aliphatic rings. The van der Waals surface area contributed by atoms with E-state index in [4.69, 9.17) is 5.73 Å². The molecular formula is C14H21N3O. The highest BCUT2D eigenvalue weighted by Crippen LogP contribution is 2.28. The van der Waals surface area contributed by atoms with Crippen molar-refractivity contribution in [1.82, 2.24) is 0 Å². The fourth-order valence-electron chi connectivity index (χ4n) is 2.33. The number of piperidine rings is 1. The molecule has 1 aromatic carbocycles. The van der Waals surface area contributed by atoms with Gasteiger partial charge in [0.25, 0.3) is 0 Å². The number of nitrogens with two attached hydrogens (primary N) is 1. The Bertz CT molecular complexity index is 400. The second-order valence-electron chi connectivity index (χ2n) is 4.65. The second-order valence-corrected chi connectivity index (χ2v) is 4.65. The summed E-state index contributed by atoms with van der Waals surface area (Å²) in [6.07, 6.45) is 4.13. The predicted octanol–water partition coefficient (Wildman–Crippen LogP) is 1.96. The lowest BCUT2D eigenvalue weighted by molar-refractivity contribution is -0.116. The van der Waals surface area contributed by atoms with Gasteiger partial charge in [-0.3, -0.25) is 4.79 Å². The molecule has 0 atom stereocenters. The first kappa shape index (κ1) is 12.9. The SMILES string of the molecule is NCCC(=O)Nc1ccccc1N1CCCCC1. The van der Waals surface area contributed by atoms with E-state index >= 15 is 0 Å². The Balaban J connectivity index is 2.11. The average Bonchev–Trinajstić information content (AvgIpc) is 2.40. The number of nitrogens with zero attached hydrogens (tertiary/aromatic N) is 1. The summed E-state index contributed by atoms with van der Waals surface area (Å²) in [6.45, 7) is 2.53. The van der Waals surface area contributed by atoms with Crippen molar-refractivity contribution in [3.63, 3.8) is 0 Å². The van der Waals surface area contributed by atoms with Crippen LogP contribution < -0.4 is 16.0 Å². The smallest absolute Gasteiger partial charge is 0.225 e. The van der Waals surface area contributed by atoms with Gasteiger partial charge in [0.1, 0.15) is 0 Å². The van der Waals surface area contributed by atoms with Crippen molar-refractivity contribution in [2.45, 2.75) is 25.7 Å². The van der Waals surface area contributed by atoms with Crippen molar-refractivity contribution >= 4 is 17.3 Å². The number of carbonyl (C=O) groups is 1. The molecular weight excluding hydrogens is 226 g/mol. The van der Waals surface area contributed by atoms with Crippen LogP contribution in [0, 0.1) is 0 Å². The fraction of sp³-hybridized carbons (Fsp3) is 0.500. The van der Waals surface area contributed by atoms with Gasteiger partial charge in [-0.15, -0.1) is 0 Å². The van der Waals surface area contributed by atoms with Crippen LogP contribution in [0.4, 0.5) is 11.4 Å². The van der Waals surface area contributed by atoms with Crippen LogP contribution in [0.1, 0.15) is 25.7 Å². The molecule has 1 amide bonds. The van der Waals surface area contributed by atoms with Crippen LogP contribution in [0.25, 0.3) is 0 Å². The summed E-state index contributed by atoms with van der Waals surface area (Å²) >= 11 is 0. The molecule has 1 saturated heterocycles. The van der Waals surface area contributed by atoms with E-state index in [9.17, 15) is 4.79 Å². The van der Waals surface area contributed by atoms with Gasteiger partial charge in [-0.2, -0.15) is 0 Å². The number of carbonyl (C=O) groups excluding carboxylic acids is 1. The second kappa shape index (κ2) is 6.40. The van der Waals surface area contributed by atoms with Crippen LogP contribution in [0.15, 0.2) is 24.3 Å². The van der Waals surface area contributed by atoms with Crippen LogP contribution in [0.5, 0.6) is 0 Å². The summed E-state index contributed by atoms with van der Waals surface area (Å²) in [5.74, 6) is -0.0121. The molecule has 0 unspecified atom stereocenters. The highest BCUT2D eigenvalue weighted by Gasteiger charge is 2.14. The lowest BCUT2D eigenvalue weighted by Gasteiger charge is -2.30. The summed E-state index contributed by atoms with van der Waals surface area (Å²) in [4.78, 5) is 14.0. The largest absolute Gasteiger partial charge is 0.370 e. The highest BCUT2D eigenvalue weighted by atomic mass is 16.1. The van der Waals surface area contributed by atoms with Gasteiger partial charge in [0.15, 0.2) is 0 Å². The minimum atomic E-state index is -0.0121. The predicted molar refractivity (Wildman–Crippen MR) is 74.8 cm³/mol. The Kier molecular flexibility index (Phi) is 4.59. The molecule has 0 radical (unpaired) electrons. The summed E-state index contributed by atoms with van der Waals surface area (Å²) in [6, 6.07) is 8.00. The maximum atomic E-state index is 11.6. The van der Waals surface area contributed by atoms with Gasteiger partial charge in [0.2, 0.25) is 5.91 Å². The summed E-state index contributed by atoms with van der Waals surface area (Å²) < 4.78 is 0. The maximum Gasteiger partial charge on any atom is 0.225 e. The minimum absolute atomic E-state index is 0.0121. The topological polar surface area (TPSA) is 58.4 Å². The molecule has 4 nitrogen and oxygen atoms in total. The molecule has 0 aromatic heterocycles. The quantitative estimate of drug-likeness (QED) is 0.855. The molecule has 1 heterocycles. The van der Waals surface area contributed by atoms with Crippen molar-refractivity contribution in [2.75, 3.05) is 29.9 Å². The van der Waals surface area contributed by atoms with E-state index < -0.39 is 0 Å². The average molecular weight is 247 g/mol. The molecule has 4 heteroatoms. The molecule has 0 bridgehead atoms. The van der Waals surface area contributed by atoms with Gasteiger partial charge in [-0.05, 0) is 31.4 Å². The standard InChI is InChI=1S/C14H21N3O/c15-9-8-14(18)16-12-6-2-3-7-13(12)17-10-4-1-5-11-17/h2-3,6-7H,1,4-5,8-11,15H2,(H,16,18). The number of para-hydroxylation sites is 2. The number of benzene rings is 1. The molecule has 1 aliphatic heterocycles. The van der Waals surface area contributed by atoms with Gasteiger partial charge < -0.3 is 16.0 Å². The van der Waals surface area contributed by atoms with Crippen molar-refractivity contribution in [3.05, 3.63) is 24.3 Å². The summed E-state index contributed by atoms with van der Waals surface area (Å²) in [5.41, 5.74) is 7.42. The van der Waals surface area contributed by atoms with Gasteiger partial charge in [-0.25, -0.2) is 0 Å². The Hall–Kier alpha value is -1.55. The molecule has 1 fully saturated rings. The van der Waals surface area contributed by atoms with Gasteiger partial charge >= 0.3 is 0 Å². The van der Waals surface area contributed by atoms with Crippen molar-refractivity contribution in [3.8, 4) is 0 Å². The third kappa shape index (κ3) is 3.23. The fourth-order valence-corrected chi connectivity index (χ4v) is 2.33. The van der Waals surface area contributed by atoms with E-state index in [-0.39, 0.29) is 5.91 Å². The highest BCUT2D eigenvalue weighted by molar-refractivity contribution is 5.94. The zero-order valence-electron chi connectivity index (χ0n) is 10.7. The monoisotopic (exact) mass is 247 g/mol. The first-order valence-corrected chi connectivity index (χ1v) is 6.65. The first-order chi connectivity index (χ1) is 8.81. The van der Waals surface area contributed by atoms with Gasteiger partial charge in [0.05, 0.1) is 11.4 Å². The molecule has 0 spiro atoms. The molecule has 0 saturated carbocycles. The normalized spacial score (nSPS) is 15.5. The number of nitrogens with one attached hydrogen (secondary N) is 1. The molecule has 3 N–H and O–H groups in total. The third-order valence-electron chi connectivity index (χ3n) is 3.25. The van der Waals surface area contributed by atoms with Crippen LogP contribution >= 0.6 is 0 Å². The molecule has 18 heavy (non-hydrogen) atoms. The van der Waals surface area contributed by atoms with Crippen LogP contribution in [0.2, 0.25) is 0 Å². The summed E-state index contributed by atoms with van der Waals surface area (Å²) in [5, 5.41) is 2.95. The van der Waals surface area contributed by atoms with Crippen molar-refractivity contribution in [1.29, 1.82) is 0 Å². The Labute approximate surface area is 108 Å². The zero-order valence-corrected chi connectivity index (χ0v) is 10.7. The maximum absolute atomic E-state index is 11.6. The molecule has 0 aliphatic carbocycles. The van der Waals surface area contributed by atoms with Crippen LogP contribution in [-0.4, -0.2) is 25.5 Å². The first-order valence-electron chi connectivity index (χ1n) is 6.65. The number of hydrogen-bond acceptors (Lipinski definition) is 3. The number of hydrogen-bond donors (Lipinski definition) is 2. The molecule has 98 valence electrons. The Morgan fingerprint density at radius 1 is 1.22 bits per heavy atom. The Morgan fingerprint density at radius 3 is 2.67 bits per heavy atom. The zero-order chi connectivity index (χ0) is 12.8. The number of rotatable bonds is 4. The van der Waals surface area contributed by atoms with E-state index in [0.717, 1.165) is 24.5 Å². The lowest BCUT2D eigenvalue weighted by atomic mass is 10.1. The number of anilines is 2. The van der Waals surface area contributed by atoms with E-state index in [1.807, 2.05) is 18.2 Å². The van der Waals surface area contributed by atoms with E-state index in [1.165, 1.54) is 19.3 Å². The lowest BCUT2D eigenvalue weighted by Crippen LogP contribution is -2.30. The van der Waals surface area contributed by atoms with E-state index in [0.29, 0.717) is 13.0 Å². The van der Waals surface area contributed by atoms with Crippen molar-refractivity contribution in [2.24, 2.45) is 5.73 Å². The summed E-state index contributed by atoms with van der Waals surface area (Å²) in [7, 11) is 0. The van der Waals surface area contributed by atoms with Gasteiger partial charge in [-0.1, -0.05) is 12.1 Å². The van der Waals surface area contributed by atoms with Gasteiger partial charge in [0, 0.05) is 26.1 Å². The van der Waals surface area contributed by atoms with E-state index in [1.54, 1.807) is 0 Å². The van der Waals surface area contributed by atoms with Crippen LogP contribution in [0.3, 0.4) is 0 Å². The number of amides is 1.